The van der Waals surface area contributed by atoms with Crippen LogP contribution in [0.3, 0.4) is 0 Å². The predicted octanol–water partition coefficient (Wildman–Crippen LogP) is 5.97. The van der Waals surface area contributed by atoms with Gasteiger partial charge in [-0.3, -0.25) is 4.90 Å². The summed E-state index contributed by atoms with van der Waals surface area (Å²) in [6, 6.07) is 18.2. The lowest BCUT2D eigenvalue weighted by Gasteiger charge is -2.36. The molecule has 0 atom stereocenters. The summed E-state index contributed by atoms with van der Waals surface area (Å²) in [5.41, 5.74) is 2.08. The van der Waals surface area contributed by atoms with Crippen molar-refractivity contribution in [3.63, 3.8) is 0 Å². The van der Waals surface area contributed by atoms with Crippen LogP contribution in [-0.4, -0.2) is 62.0 Å². The maximum atomic E-state index is 11.5. The van der Waals surface area contributed by atoms with E-state index in [0.717, 1.165) is 56.7 Å². The van der Waals surface area contributed by atoms with E-state index in [2.05, 4.69) is 44.4 Å². The lowest BCUT2D eigenvalue weighted by atomic mass is 10.2. The summed E-state index contributed by atoms with van der Waals surface area (Å²) >= 11 is 1.81. The maximum Gasteiger partial charge on any atom is 0.515 e. The zero-order valence-electron chi connectivity index (χ0n) is 20.5. The second-order valence-electron chi connectivity index (χ2n) is 8.78. The average molecular weight is 506 g/mol. The average Bonchev–Trinajstić information content (AvgIpc) is 3.38. The highest BCUT2D eigenvalue weighted by Crippen LogP contribution is 2.31. The van der Waals surface area contributed by atoms with E-state index < -0.39 is 6.16 Å². The summed E-state index contributed by atoms with van der Waals surface area (Å²) in [7, 11) is 0. The maximum absolute atomic E-state index is 11.5. The first-order chi connectivity index (χ1) is 17.7. The number of rotatable bonds is 9. The molecule has 7 nitrogen and oxygen atoms in total. The lowest BCUT2D eigenvalue weighted by Crippen LogP contribution is -2.46. The lowest BCUT2D eigenvalue weighted by molar-refractivity contribution is 0.103. The number of hydrogen-bond donors (Lipinski definition) is 0. The van der Waals surface area contributed by atoms with Gasteiger partial charge in [-0.15, -0.1) is 11.3 Å². The summed E-state index contributed by atoms with van der Waals surface area (Å²) in [4.78, 5) is 21.0. The number of carbonyl (C=O) groups excluding carboxylic acids is 1. The Labute approximate surface area is 215 Å². The summed E-state index contributed by atoms with van der Waals surface area (Å²) in [6.45, 7) is 8.05. The highest BCUT2D eigenvalue weighted by atomic mass is 32.1. The van der Waals surface area contributed by atoms with E-state index in [9.17, 15) is 4.79 Å². The van der Waals surface area contributed by atoms with Crippen molar-refractivity contribution < 1.29 is 19.0 Å². The van der Waals surface area contributed by atoms with Gasteiger partial charge in [0.15, 0.2) is 0 Å². The third-order valence-electron chi connectivity index (χ3n) is 6.41. The van der Waals surface area contributed by atoms with Gasteiger partial charge in [-0.25, -0.2) is 9.78 Å². The van der Waals surface area contributed by atoms with Crippen LogP contribution in [0.2, 0.25) is 0 Å². The van der Waals surface area contributed by atoms with E-state index in [1.165, 1.54) is 15.8 Å². The Morgan fingerprint density at radius 1 is 1.03 bits per heavy atom. The highest BCUT2D eigenvalue weighted by Gasteiger charge is 2.18. The van der Waals surface area contributed by atoms with Gasteiger partial charge >= 0.3 is 6.16 Å². The third kappa shape index (κ3) is 5.88. The van der Waals surface area contributed by atoms with Crippen molar-refractivity contribution >= 4 is 44.2 Å². The smallest absolute Gasteiger partial charge is 0.494 e. The van der Waals surface area contributed by atoms with Crippen LogP contribution in [0.5, 0.6) is 11.6 Å². The Hall–Kier alpha value is -3.36. The highest BCUT2D eigenvalue weighted by molar-refractivity contribution is 7.17. The van der Waals surface area contributed by atoms with Crippen molar-refractivity contribution in [1.82, 2.24) is 9.88 Å². The van der Waals surface area contributed by atoms with E-state index in [0.29, 0.717) is 12.1 Å². The van der Waals surface area contributed by atoms with E-state index in [4.69, 9.17) is 14.2 Å². The van der Waals surface area contributed by atoms with E-state index in [1.807, 2.05) is 35.6 Å². The van der Waals surface area contributed by atoms with Gasteiger partial charge in [-0.1, -0.05) is 6.07 Å². The van der Waals surface area contributed by atoms with E-state index in [1.54, 1.807) is 13.0 Å². The van der Waals surface area contributed by atoms with Crippen LogP contribution in [0.1, 0.15) is 19.8 Å². The first-order valence-corrected chi connectivity index (χ1v) is 13.4. The number of carbonyl (C=O) groups is 1. The van der Waals surface area contributed by atoms with Gasteiger partial charge in [-0.05, 0) is 68.1 Å². The molecule has 2 aromatic heterocycles. The number of nitrogens with zero attached hydrogens (tertiary/aromatic N) is 3. The topological polar surface area (TPSA) is 64.1 Å². The normalized spacial score (nSPS) is 14.3. The zero-order chi connectivity index (χ0) is 24.7. The van der Waals surface area contributed by atoms with Crippen LogP contribution in [0.25, 0.3) is 21.0 Å². The standard InChI is InChI=1S/C28H31N3O4S/c1-2-33-28(32)35-27-11-9-21-8-10-22(20-24(21)29-27)34-18-4-3-13-30-14-16-31(17-15-30)25-6-5-7-26-23(25)12-19-36-26/h5-12,19-20H,2-4,13-18H2,1H3. The molecule has 1 aliphatic rings. The Balaban J connectivity index is 1.05. The summed E-state index contributed by atoms with van der Waals surface area (Å²) < 4.78 is 17.2. The number of aromatic nitrogens is 1. The van der Waals surface area contributed by atoms with Gasteiger partial charge in [0, 0.05) is 59.5 Å². The number of thiophene rings is 1. The van der Waals surface area contributed by atoms with Crippen LogP contribution in [0.4, 0.5) is 10.5 Å². The molecule has 5 rings (SSSR count). The van der Waals surface area contributed by atoms with Gasteiger partial charge in [0.1, 0.15) is 5.75 Å². The molecule has 1 saturated heterocycles. The second kappa shape index (κ2) is 11.6. The van der Waals surface area contributed by atoms with Crippen molar-refractivity contribution in [3.05, 3.63) is 60.0 Å². The van der Waals surface area contributed by atoms with Gasteiger partial charge in [0.2, 0.25) is 5.88 Å². The third-order valence-corrected chi connectivity index (χ3v) is 7.29. The first-order valence-electron chi connectivity index (χ1n) is 12.5. The largest absolute Gasteiger partial charge is 0.515 e. The van der Waals surface area contributed by atoms with Crippen LogP contribution in [0.15, 0.2) is 60.0 Å². The zero-order valence-corrected chi connectivity index (χ0v) is 21.3. The molecule has 0 saturated carbocycles. The summed E-state index contributed by atoms with van der Waals surface area (Å²) in [5, 5.41) is 4.51. The minimum absolute atomic E-state index is 0.213. The number of fused-ring (bicyclic) bond motifs is 2. The molecule has 36 heavy (non-hydrogen) atoms. The molecule has 2 aromatic carbocycles. The molecule has 8 heteroatoms. The molecule has 0 N–H and O–H groups in total. The van der Waals surface area contributed by atoms with E-state index >= 15 is 0 Å². The Kier molecular flexibility index (Phi) is 7.83. The number of piperazine rings is 1. The predicted molar refractivity (Wildman–Crippen MR) is 145 cm³/mol. The Bertz CT molecular complexity index is 1320. The minimum Gasteiger partial charge on any atom is -0.494 e. The molecule has 0 amide bonds. The molecule has 0 spiro atoms. The number of unbranched alkanes of at least 4 members (excludes halogenated alkanes) is 1. The van der Waals surface area contributed by atoms with Gasteiger partial charge in [0.05, 0.1) is 18.7 Å². The van der Waals surface area contributed by atoms with Crippen LogP contribution < -0.4 is 14.4 Å². The Morgan fingerprint density at radius 3 is 2.75 bits per heavy atom. The number of hydrogen-bond acceptors (Lipinski definition) is 8. The first kappa shape index (κ1) is 24.3. The summed E-state index contributed by atoms with van der Waals surface area (Å²) in [6.07, 6.45) is 1.34. The molecule has 0 aliphatic carbocycles. The molecule has 1 aliphatic heterocycles. The van der Waals surface area contributed by atoms with Gasteiger partial charge < -0.3 is 19.1 Å². The van der Waals surface area contributed by atoms with Crippen LogP contribution in [0, 0.1) is 0 Å². The van der Waals surface area contributed by atoms with Crippen molar-refractivity contribution in [2.24, 2.45) is 0 Å². The minimum atomic E-state index is -0.752. The molecule has 0 unspecified atom stereocenters. The quantitative estimate of drug-likeness (QED) is 0.205. The fraction of sp³-hybridized carbons (Fsp3) is 0.357. The second-order valence-corrected chi connectivity index (χ2v) is 9.73. The van der Waals surface area contributed by atoms with Crippen LogP contribution >= 0.6 is 11.3 Å². The van der Waals surface area contributed by atoms with Crippen LogP contribution in [-0.2, 0) is 4.74 Å². The molecule has 4 aromatic rings. The van der Waals surface area contributed by atoms with Crippen molar-refractivity contribution in [2.45, 2.75) is 19.8 Å². The number of ether oxygens (including phenoxy) is 3. The molecule has 0 radical (unpaired) electrons. The molecular formula is C28H31N3O4S. The fourth-order valence-electron chi connectivity index (χ4n) is 4.55. The van der Waals surface area contributed by atoms with Gasteiger partial charge in [0.25, 0.3) is 0 Å². The van der Waals surface area contributed by atoms with Crippen molar-refractivity contribution in [3.8, 4) is 11.6 Å². The number of pyridine rings is 1. The monoisotopic (exact) mass is 505 g/mol. The summed E-state index contributed by atoms with van der Waals surface area (Å²) in [5.74, 6) is 0.977. The molecule has 3 heterocycles. The molecule has 0 bridgehead atoms. The number of benzene rings is 2. The van der Waals surface area contributed by atoms with Gasteiger partial charge in [-0.2, -0.15) is 0 Å². The SMILES string of the molecule is CCOC(=O)Oc1ccc2ccc(OCCCCN3CCN(c4cccc5sccc45)CC3)cc2n1. The fourth-order valence-corrected chi connectivity index (χ4v) is 5.36. The number of anilines is 1. The Morgan fingerprint density at radius 2 is 1.89 bits per heavy atom. The van der Waals surface area contributed by atoms with Crippen molar-refractivity contribution in [1.29, 1.82) is 0 Å². The molecule has 188 valence electrons. The molecular weight excluding hydrogens is 474 g/mol. The molecule has 1 fully saturated rings. The van der Waals surface area contributed by atoms with E-state index in [-0.39, 0.29) is 12.5 Å². The van der Waals surface area contributed by atoms with Crippen molar-refractivity contribution in [2.75, 3.05) is 50.8 Å².